The van der Waals surface area contributed by atoms with Crippen molar-refractivity contribution in [3.63, 3.8) is 0 Å². The zero-order valence-corrected chi connectivity index (χ0v) is 46.1. The summed E-state index contributed by atoms with van der Waals surface area (Å²) in [4.78, 5) is 83.5. The lowest BCUT2D eigenvalue weighted by molar-refractivity contribution is -0.684. The molecule has 7 aromatic rings. The highest BCUT2D eigenvalue weighted by molar-refractivity contribution is 8.01. The molecule has 4 N–H and O–H groups in total. The molecule has 1 saturated heterocycles. The van der Waals surface area contributed by atoms with E-state index >= 15 is 4.79 Å². The van der Waals surface area contributed by atoms with E-state index in [4.69, 9.17) is 25.0 Å². The van der Waals surface area contributed by atoms with Gasteiger partial charge in [0.15, 0.2) is 29.3 Å². The molecule has 18 heteroatoms. The van der Waals surface area contributed by atoms with Gasteiger partial charge in [0.05, 0.1) is 0 Å². The van der Waals surface area contributed by atoms with Gasteiger partial charge in [0.25, 0.3) is 17.7 Å². The van der Waals surface area contributed by atoms with Gasteiger partial charge >= 0.3 is 11.9 Å². The van der Waals surface area contributed by atoms with Crippen LogP contribution in [0, 0.1) is 0 Å². The molecule has 5 aromatic carbocycles. The maximum absolute atomic E-state index is 15.0. The minimum atomic E-state index is -1.45. The Morgan fingerprint density at radius 1 is 0.810 bits per heavy atom. The first-order chi connectivity index (χ1) is 38.2. The molecule has 1 aliphatic carbocycles. The SMILES string of the molecule is CC(C)(C)OC(=O)C1(O/N=C(\C(=O)N[C@@H]2C(=O)N3C(C(=O)OC(c4ccccc4)c4ccccc4)=C(CSc4cc[n+](CC(N)=O)cc4)CS[C@H]23)c2csc(NC(c3ccccc3)(c3ccccc3)c3ccccc3)n2)CCC1. The summed E-state index contributed by atoms with van der Waals surface area (Å²) in [7, 11) is 0. The van der Waals surface area contributed by atoms with Crippen molar-refractivity contribution >= 4 is 75.4 Å². The molecule has 1 saturated carbocycles. The molecule has 79 heavy (non-hydrogen) atoms. The number of thioether (sulfide) groups is 2. The van der Waals surface area contributed by atoms with E-state index in [-0.39, 0.29) is 23.6 Å². The molecule has 10 rings (SSSR count). The van der Waals surface area contributed by atoms with Crippen LogP contribution < -0.4 is 20.9 Å². The number of carbonyl (C=O) groups is 5. The van der Waals surface area contributed by atoms with Crippen molar-refractivity contribution in [3.8, 4) is 0 Å². The van der Waals surface area contributed by atoms with E-state index in [1.54, 1.807) is 43.1 Å². The van der Waals surface area contributed by atoms with Gasteiger partial charge in [-0.3, -0.25) is 19.3 Å². The van der Waals surface area contributed by atoms with Gasteiger partial charge in [-0.2, -0.15) is 4.57 Å². The van der Waals surface area contributed by atoms with Gasteiger partial charge in [-0.1, -0.05) is 157 Å². The Hall–Kier alpha value is -8.06. The molecule has 0 radical (unpaired) electrons. The molecule has 0 bridgehead atoms. The lowest BCUT2D eigenvalue weighted by Gasteiger charge is -2.49. The van der Waals surface area contributed by atoms with Crippen molar-refractivity contribution in [2.45, 2.75) is 85.7 Å². The summed E-state index contributed by atoms with van der Waals surface area (Å²) < 4.78 is 13.9. The molecule has 3 amide bonds. The second-order valence-corrected chi connectivity index (χ2v) is 23.3. The standard InChI is InChI=1S/C61H57N7O8S3/c1-59(2,3)75-57(73)60(32-19-33-60)76-66-49(47-39-79-58(63-47)65-61(43-24-13-6-14-25-43,44-26-15-7-16-27-44)45-28-17-8-18-29-45)53(70)64-50-54(71)68-51(56(72)74-52(40-20-9-4-10-21-40)41-22-11-5-12-23-41)42(38-78-55(50)68)37-77-46-30-34-67(35-31-46)36-48(62)69/h4-18,20-31,34-35,39,50,52,55H,19,32-33,36-38H2,1-3H3,(H3-,62,63,64,65,69,70)/p+1/b66-49-/t50-,55-/m1/s1. The van der Waals surface area contributed by atoms with Crippen LogP contribution in [0.25, 0.3) is 0 Å². The third-order valence-electron chi connectivity index (χ3n) is 13.7. The predicted molar refractivity (Wildman–Crippen MR) is 304 cm³/mol. The Labute approximate surface area is 470 Å². The third kappa shape index (κ3) is 11.9. The Kier molecular flexibility index (Phi) is 16.2. The first-order valence-corrected chi connectivity index (χ1v) is 28.7. The molecule has 3 aliphatic rings. The van der Waals surface area contributed by atoms with Crippen molar-refractivity contribution < 1.29 is 42.9 Å². The number of anilines is 1. The summed E-state index contributed by atoms with van der Waals surface area (Å²) in [6.07, 6.45) is 4.00. The van der Waals surface area contributed by atoms with Crippen molar-refractivity contribution in [2.75, 3.05) is 16.8 Å². The average molecular weight is 1110 g/mol. The van der Waals surface area contributed by atoms with Crippen LogP contribution in [0.1, 0.15) is 79.6 Å². The number of hydrogen-bond acceptors (Lipinski definition) is 14. The molecular weight excluding hydrogens is 1050 g/mol. The predicted octanol–water partition coefficient (Wildman–Crippen LogP) is 9.08. The van der Waals surface area contributed by atoms with E-state index in [9.17, 15) is 19.2 Å². The topological polar surface area (TPSA) is 195 Å². The number of rotatable bonds is 20. The van der Waals surface area contributed by atoms with Crippen LogP contribution in [0.4, 0.5) is 5.13 Å². The normalized spacial score (nSPS) is 16.9. The molecular formula is C61H58N7O8S3+. The number of oxime groups is 1. The van der Waals surface area contributed by atoms with Gasteiger partial charge in [-0.25, -0.2) is 14.6 Å². The second-order valence-electron chi connectivity index (χ2n) is 20.3. The van der Waals surface area contributed by atoms with Crippen LogP contribution in [-0.2, 0) is 50.4 Å². The van der Waals surface area contributed by atoms with E-state index in [0.29, 0.717) is 41.5 Å². The number of aromatic nitrogens is 2. The monoisotopic (exact) mass is 1110 g/mol. The number of nitrogens with two attached hydrogens (primary N) is 1. The number of β-lactam (4-membered cyclic amide) rings is 1. The maximum atomic E-state index is 15.0. The molecule has 2 aromatic heterocycles. The number of amides is 3. The molecule has 0 spiro atoms. The molecule has 0 unspecified atom stereocenters. The van der Waals surface area contributed by atoms with Gasteiger partial charge in [0.1, 0.15) is 33.9 Å². The summed E-state index contributed by atoms with van der Waals surface area (Å²) in [5.74, 6) is -2.45. The minimum Gasteiger partial charge on any atom is -0.457 e. The summed E-state index contributed by atoms with van der Waals surface area (Å²) >= 11 is 4.12. The molecule has 2 atom stereocenters. The fourth-order valence-corrected chi connectivity index (χ4v) is 12.8. The second kappa shape index (κ2) is 23.5. The fraction of sp³-hybridized carbons (Fsp3) is 0.246. The Morgan fingerprint density at radius 2 is 1.35 bits per heavy atom. The number of ether oxygens (including phenoxy) is 2. The first-order valence-electron chi connectivity index (χ1n) is 25.8. The van der Waals surface area contributed by atoms with E-state index in [1.807, 2.05) is 164 Å². The molecule has 2 fully saturated rings. The number of fused-ring (bicyclic) bond motifs is 1. The smallest absolute Gasteiger partial charge is 0.356 e. The Morgan fingerprint density at radius 3 is 1.86 bits per heavy atom. The summed E-state index contributed by atoms with van der Waals surface area (Å²) in [5.41, 5.74) is 7.10. The number of esters is 2. The van der Waals surface area contributed by atoms with Crippen molar-refractivity contribution in [1.29, 1.82) is 0 Å². The van der Waals surface area contributed by atoms with E-state index < -0.39 is 63.9 Å². The molecule has 2 aliphatic heterocycles. The summed E-state index contributed by atoms with van der Waals surface area (Å²) in [6.45, 7) is 5.33. The first kappa shape index (κ1) is 54.3. The van der Waals surface area contributed by atoms with Crippen molar-refractivity contribution in [3.05, 3.63) is 226 Å². The zero-order valence-electron chi connectivity index (χ0n) is 43.7. The molecule has 15 nitrogen and oxygen atoms in total. The average Bonchev–Trinajstić information content (AvgIpc) is 4.02. The largest absolute Gasteiger partial charge is 0.457 e. The summed E-state index contributed by atoms with van der Waals surface area (Å²) in [5, 5.41) is 12.6. The highest BCUT2D eigenvalue weighted by Gasteiger charge is 2.55. The minimum absolute atomic E-state index is 0.0248. The van der Waals surface area contributed by atoms with Crippen LogP contribution in [-0.4, -0.2) is 79.4 Å². The van der Waals surface area contributed by atoms with E-state index in [1.165, 1.54) is 39.8 Å². The van der Waals surface area contributed by atoms with Crippen molar-refractivity contribution in [1.82, 2.24) is 15.2 Å². The van der Waals surface area contributed by atoms with Gasteiger partial charge in [0.2, 0.25) is 12.1 Å². The number of hydrogen-bond donors (Lipinski definition) is 3. The fourth-order valence-electron chi connectivity index (χ4n) is 9.66. The zero-order chi connectivity index (χ0) is 55.2. The number of benzene rings is 5. The van der Waals surface area contributed by atoms with Gasteiger partial charge in [-0.05, 0) is 60.6 Å². The Bertz CT molecular complexity index is 3260. The number of nitrogens with one attached hydrogen (secondary N) is 2. The van der Waals surface area contributed by atoms with Crippen LogP contribution in [0.3, 0.4) is 0 Å². The highest BCUT2D eigenvalue weighted by atomic mass is 32.2. The van der Waals surface area contributed by atoms with Gasteiger partial charge < -0.3 is 30.7 Å². The molecule has 402 valence electrons. The van der Waals surface area contributed by atoms with Crippen LogP contribution in [0.15, 0.2) is 203 Å². The Balaban J connectivity index is 0.975. The number of nitrogens with zero attached hydrogens (tertiary/aromatic N) is 4. The number of primary amides is 1. The van der Waals surface area contributed by atoms with E-state index in [0.717, 1.165) is 32.7 Å². The number of carbonyl (C=O) groups excluding carboxylic acids is 5. The van der Waals surface area contributed by atoms with Crippen LogP contribution >= 0.6 is 34.9 Å². The molecule has 4 heterocycles. The van der Waals surface area contributed by atoms with Crippen molar-refractivity contribution in [2.24, 2.45) is 10.9 Å². The number of pyridine rings is 1. The lowest BCUT2D eigenvalue weighted by Crippen LogP contribution is -2.71. The quantitative estimate of drug-likeness (QED) is 0.0125. The lowest BCUT2D eigenvalue weighted by atomic mass is 9.77. The highest BCUT2D eigenvalue weighted by Crippen LogP contribution is 2.45. The van der Waals surface area contributed by atoms with Gasteiger partial charge in [-0.15, -0.1) is 34.9 Å². The van der Waals surface area contributed by atoms with Crippen LogP contribution in [0.2, 0.25) is 0 Å². The van der Waals surface area contributed by atoms with Crippen LogP contribution in [0.5, 0.6) is 0 Å². The maximum Gasteiger partial charge on any atom is 0.356 e. The number of thiazole rings is 1. The third-order valence-corrected chi connectivity index (χ3v) is 16.9. The van der Waals surface area contributed by atoms with Gasteiger partial charge in [0, 0.05) is 46.8 Å². The van der Waals surface area contributed by atoms with E-state index in [2.05, 4.69) is 15.8 Å². The summed E-state index contributed by atoms with van der Waals surface area (Å²) in [6, 6.07) is 51.4.